The Bertz CT molecular complexity index is 287. The minimum absolute atomic E-state index is 0.364. The lowest BCUT2D eigenvalue weighted by Crippen LogP contribution is -2.41. The summed E-state index contributed by atoms with van der Waals surface area (Å²) in [6.45, 7) is -0.983. The summed E-state index contributed by atoms with van der Waals surface area (Å²) in [5, 5.41) is 5.29. The zero-order chi connectivity index (χ0) is 9.90. The number of alkyl halides is 2. The summed E-state index contributed by atoms with van der Waals surface area (Å²) in [6.07, 6.45) is 0. The van der Waals surface area contributed by atoms with Gasteiger partial charge in [0.05, 0.1) is 12.2 Å². The van der Waals surface area contributed by atoms with Gasteiger partial charge in [-0.05, 0) is 11.4 Å². The fourth-order valence-electron chi connectivity index (χ4n) is 0.651. The Balaban J connectivity index is 2.61. The van der Waals surface area contributed by atoms with Crippen LogP contribution >= 0.6 is 11.3 Å². The number of carbonyl (C=O) groups is 1. The van der Waals surface area contributed by atoms with Crippen LogP contribution in [0.15, 0.2) is 16.8 Å². The lowest BCUT2D eigenvalue weighted by atomic mass is 10.3. The fraction of sp³-hybridized carbons (Fsp3) is 0.286. The van der Waals surface area contributed by atoms with Crippen molar-refractivity contribution in [1.82, 2.24) is 0 Å². The second-order valence-electron chi connectivity index (χ2n) is 2.37. The van der Waals surface area contributed by atoms with Crippen LogP contribution in [0.5, 0.6) is 0 Å². The zero-order valence-corrected chi connectivity index (χ0v) is 7.41. The second-order valence-corrected chi connectivity index (χ2v) is 3.15. The maximum atomic E-state index is 12.6. The Morgan fingerprint density at radius 2 is 2.38 bits per heavy atom. The van der Waals surface area contributed by atoms with Gasteiger partial charge in [0.1, 0.15) is 0 Å². The first-order chi connectivity index (χ1) is 6.06. The summed E-state index contributed by atoms with van der Waals surface area (Å²) >= 11 is 1.31. The predicted octanol–water partition coefficient (Wildman–Crippen LogP) is 1.28. The molecule has 1 heterocycles. The first kappa shape index (κ1) is 10.1. The van der Waals surface area contributed by atoms with Crippen LogP contribution in [0.3, 0.4) is 0 Å². The highest BCUT2D eigenvalue weighted by Crippen LogP contribution is 2.17. The van der Waals surface area contributed by atoms with E-state index in [9.17, 15) is 13.6 Å². The van der Waals surface area contributed by atoms with Crippen LogP contribution in [0.1, 0.15) is 0 Å². The molecule has 0 aliphatic rings. The Labute approximate surface area is 77.5 Å². The van der Waals surface area contributed by atoms with Crippen molar-refractivity contribution < 1.29 is 13.6 Å². The summed E-state index contributed by atoms with van der Waals surface area (Å²) in [7, 11) is 0. The molecule has 0 fully saturated rings. The highest BCUT2D eigenvalue weighted by molar-refractivity contribution is 7.08. The molecule has 1 aromatic rings. The Morgan fingerprint density at radius 3 is 2.85 bits per heavy atom. The van der Waals surface area contributed by atoms with E-state index in [1.165, 1.54) is 17.4 Å². The number of rotatable bonds is 3. The van der Waals surface area contributed by atoms with Crippen molar-refractivity contribution in [1.29, 1.82) is 0 Å². The molecule has 0 spiro atoms. The van der Waals surface area contributed by atoms with Gasteiger partial charge in [-0.2, -0.15) is 20.1 Å². The number of thiophene rings is 1. The smallest absolute Gasteiger partial charge is 0.325 e. The molecule has 0 atom stereocenters. The van der Waals surface area contributed by atoms with Gasteiger partial charge in [-0.25, -0.2) is 0 Å². The number of carbonyl (C=O) groups excluding carboxylic acids is 1. The first-order valence-corrected chi connectivity index (χ1v) is 4.42. The van der Waals surface area contributed by atoms with Gasteiger partial charge in [0, 0.05) is 5.38 Å². The van der Waals surface area contributed by atoms with E-state index < -0.39 is 18.4 Å². The van der Waals surface area contributed by atoms with Gasteiger partial charge in [0.2, 0.25) is 0 Å². The van der Waals surface area contributed by atoms with E-state index in [0.29, 0.717) is 5.69 Å². The molecule has 72 valence electrons. The molecule has 1 aromatic heterocycles. The Kier molecular flexibility index (Phi) is 2.94. The number of nitrogens with two attached hydrogens (primary N) is 1. The molecule has 0 aliphatic heterocycles. The third-order valence-corrected chi connectivity index (χ3v) is 2.05. The van der Waals surface area contributed by atoms with Crippen LogP contribution in [0.25, 0.3) is 0 Å². The van der Waals surface area contributed by atoms with Crippen LogP contribution in [-0.4, -0.2) is 18.4 Å². The molecule has 0 bridgehead atoms. The van der Waals surface area contributed by atoms with Gasteiger partial charge in [-0.15, -0.1) is 0 Å². The quantitative estimate of drug-likeness (QED) is 0.782. The van der Waals surface area contributed by atoms with Crippen LogP contribution in [0.2, 0.25) is 0 Å². The molecule has 1 rings (SSSR count). The fourth-order valence-corrected chi connectivity index (χ4v) is 1.24. The van der Waals surface area contributed by atoms with Gasteiger partial charge in [-0.1, -0.05) is 0 Å². The predicted molar refractivity (Wildman–Crippen MR) is 47.0 cm³/mol. The van der Waals surface area contributed by atoms with E-state index in [2.05, 4.69) is 5.32 Å². The van der Waals surface area contributed by atoms with E-state index in [1.54, 1.807) is 10.8 Å². The summed E-state index contributed by atoms with van der Waals surface area (Å²) in [5.41, 5.74) is 5.09. The summed E-state index contributed by atoms with van der Waals surface area (Å²) in [6, 6.07) is 1.54. The van der Waals surface area contributed by atoms with Crippen molar-refractivity contribution in [3.05, 3.63) is 16.8 Å². The highest BCUT2D eigenvalue weighted by atomic mass is 32.1. The van der Waals surface area contributed by atoms with Gasteiger partial charge in [-0.3, -0.25) is 4.79 Å². The molecule has 3 nitrogen and oxygen atoms in total. The number of hydrogen-bond acceptors (Lipinski definition) is 3. The van der Waals surface area contributed by atoms with Crippen molar-refractivity contribution >= 4 is 22.9 Å². The van der Waals surface area contributed by atoms with E-state index >= 15 is 0 Å². The van der Waals surface area contributed by atoms with Crippen LogP contribution < -0.4 is 11.1 Å². The standard InChI is InChI=1S/C7H8F2N2OS/c8-7(9,4-10)6(12)11-5-1-2-13-3-5/h1-3H,4,10H2,(H,11,12). The van der Waals surface area contributed by atoms with Gasteiger partial charge in [0.25, 0.3) is 5.91 Å². The molecule has 6 heteroatoms. The van der Waals surface area contributed by atoms with Crippen molar-refractivity contribution in [2.75, 3.05) is 11.9 Å². The summed E-state index contributed by atoms with van der Waals surface area (Å²) in [5.74, 6) is -4.87. The number of nitrogens with one attached hydrogen (secondary N) is 1. The molecule has 0 aliphatic carbocycles. The molecular weight excluding hydrogens is 198 g/mol. The number of hydrogen-bond donors (Lipinski definition) is 2. The minimum atomic E-state index is -3.50. The highest BCUT2D eigenvalue weighted by Gasteiger charge is 2.36. The number of anilines is 1. The third-order valence-electron chi connectivity index (χ3n) is 1.37. The van der Waals surface area contributed by atoms with E-state index in [-0.39, 0.29) is 0 Å². The molecule has 1 amide bonds. The molecular formula is C7H8F2N2OS. The second kappa shape index (κ2) is 3.80. The summed E-state index contributed by atoms with van der Waals surface area (Å²) in [4.78, 5) is 10.8. The van der Waals surface area contributed by atoms with Crippen molar-refractivity contribution in [3.8, 4) is 0 Å². The Morgan fingerprint density at radius 1 is 1.69 bits per heavy atom. The summed E-state index contributed by atoms with van der Waals surface area (Å²) < 4.78 is 25.2. The van der Waals surface area contributed by atoms with Crippen LogP contribution in [0, 0.1) is 0 Å². The topological polar surface area (TPSA) is 55.1 Å². The van der Waals surface area contributed by atoms with E-state index in [1.807, 2.05) is 0 Å². The molecule has 0 saturated heterocycles. The maximum Gasteiger partial charge on any atom is 0.336 e. The molecule has 0 radical (unpaired) electrons. The normalized spacial score (nSPS) is 11.3. The zero-order valence-electron chi connectivity index (χ0n) is 6.59. The SMILES string of the molecule is NCC(F)(F)C(=O)Nc1ccsc1. The lowest BCUT2D eigenvalue weighted by molar-refractivity contribution is -0.138. The van der Waals surface area contributed by atoms with Crippen molar-refractivity contribution in [2.45, 2.75) is 5.92 Å². The number of amides is 1. The molecule has 3 N–H and O–H groups in total. The largest absolute Gasteiger partial charge is 0.336 e. The lowest BCUT2D eigenvalue weighted by Gasteiger charge is -2.12. The van der Waals surface area contributed by atoms with Gasteiger partial charge >= 0.3 is 5.92 Å². The average molecular weight is 206 g/mol. The monoisotopic (exact) mass is 206 g/mol. The maximum absolute atomic E-state index is 12.6. The van der Waals surface area contributed by atoms with Crippen LogP contribution in [-0.2, 0) is 4.79 Å². The third kappa shape index (κ3) is 2.46. The molecule has 0 saturated carbocycles. The first-order valence-electron chi connectivity index (χ1n) is 3.48. The average Bonchev–Trinajstić information content (AvgIpc) is 2.57. The number of halogens is 2. The van der Waals surface area contributed by atoms with Crippen molar-refractivity contribution in [3.63, 3.8) is 0 Å². The van der Waals surface area contributed by atoms with Gasteiger partial charge in [0.15, 0.2) is 0 Å². The van der Waals surface area contributed by atoms with E-state index in [4.69, 9.17) is 5.73 Å². The van der Waals surface area contributed by atoms with Crippen LogP contribution in [0.4, 0.5) is 14.5 Å². The van der Waals surface area contributed by atoms with Gasteiger partial charge < -0.3 is 11.1 Å². The van der Waals surface area contributed by atoms with Crippen molar-refractivity contribution in [2.24, 2.45) is 5.73 Å². The molecule has 0 unspecified atom stereocenters. The molecule has 13 heavy (non-hydrogen) atoms. The van der Waals surface area contributed by atoms with E-state index in [0.717, 1.165) is 0 Å². The Hall–Kier alpha value is -1.01. The minimum Gasteiger partial charge on any atom is -0.325 e. The molecule has 0 aromatic carbocycles.